The van der Waals surface area contributed by atoms with Gasteiger partial charge < -0.3 is 14.4 Å². The lowest BCUT2D eigenvalue weighted by atomic mass is 10.0. The van der Waals surface area contributed by atoms with Gasteiger partial charge in [0.1, 0.15) is 18.0 Å². The normalized spacial score (nSPS) is 11.2. The van der Waals surface area contributed by atoms with E-state index >= 15 is 0 Å². The van der Waals surface area contributed by atoms with Crippen molar-refractivity contribution in [1.29, 1.82) is 0 Å². The highest BCUT2D eigenvalue weighted by molar-refractivity contribution is 9.10. The highest BCUT2D eigenvalue weighted by Gasteiger charge is 2.20. The highest BCUT2D eigenvalue weighted by atomic mass is 79.9. The zero-order valence-corrected chi connectivity index (χ0v) is 23.6. The van der Waals surface area contributed by atoms with E-state index in [1.54, 1.807) is 46.3 Å². The van der Waals surface area contributed by atoms with E-state index in [0.717, 1.165) is 0 Å². The smallest absolute Gasteiger partial charge is 0.410 e. The number of amides is 2. The van der Waals surface area contributed by atoms with Gasteiger partial charge in [0.15, 0.2) is 0 Å². The minimum absolute atomic E-state index is 0.00726. The Kier molecular flexibility index (Phi) is 10.5. The summed E-state index contributed by atoms with van der Waals surface area (Å²) in [5.74, 6) is 5.27. The van der Waals surface area contributed by atoms with Gasteiger partial charge in [-0.25, -0.2) is 23.4 Å². The molecule has 0 aliphatic carbocycles. The van der Waals surface area contributed by atoms with Gasteiger partial charge in [0.2, 0.25) is 10.0 Å². The molecule has 0 saturated heterocycles. The fourth-order valence-electron chi connectivity index (χ4n) is 2.99. The van der Waals surface area contributed by atoms with E-state index in [0.29, 0.717) is 21.3 Å². The van der Waals surface area contributed by atoms with Gasteiger partial charge in [-0.3, -0.25) is 10.0 Å². The lowest BCUT2D eigenvalue weighted by Gasteiger charge is -2.23. The number of benzene rings is 2. The average Bonchev–Trinajstić information content (AvgIpc) is 2.81. The molecule has 3 N–H and O–H groups in total. The number of aryl methyl sites for hydroxylation is 1. The first kappa shape index (κ1) is 30.1. The van der Waals surface area contributed by atoms with Crippen LogP contribution in [0.4, 0.5) is 4.79 Å². The Morgan fingerprint density at radius 2 is 1.78 bits per heavy atom. The summed E-state index contributed by atoms with van der Waals surface area (Å²) in [6.07, 6.45) is -0.476. The number of sulfonamides is 1. The van der Waals surface area contributed by atoms with Gasteiger partial charge in [0.05, 0.1) is 11.4 Å². The Balaban J connectivity index is 1.96. The molecule has 10 nitrogen and oxygen atoms in total. The van der Waals surface area contributed by atoms with Crippen molar-refractivity contribution < 1.29 is 32.7 Å². The summed E-state index contributed by atoms with van der Waals surface area (Å²) >= 11 is 3.29. The minimum atomic E-state index is -3.90. The molecule has 2 amide bonds. The van der Waals surface area contributed by atoms with Crippen LogP contribution in [0.15, 0.2) is 45.8 Å². The van der Waals surface area contributed by atoms with Crippen LogP contribution < -0.4 is 14.9 Å². The number of halogens is 1. The third kappa shape index (κ3) is 9.36. The second-order valence-corrected chi connectivity index (χ2v) is 11.6. The van der Waals surface area contributed by atoms with Crippen LogP contribution in [-0.2, 0) is 21.3 Å². The molecular weight excluding hydrogens is 566 g/mol. The fraction of sp³-hybridized carbons (Fsp3) is 0.360. The van der Waals surface area contributed by atoms with Crippen molar-refractivity contribution in [1.82, 2.24) is 15.1 Å². The van der Waals surface area contributed by atoms with Crippen molar-refractivity contribution in [2.24, 2.45) is 0 Å². The molecule has 0 unspecified atom stereocenters. The van der Waals surface area contributed by atoms with Gasteiger partial charge in [0, 0.05) is 23.6 Å². The first-order valence-corrected chi connectivity index (χ1v) is 13.4. The zero-order valence-electron chi connectivity index (χ0n) is 21.2. The number of rotatable bonds is 8. The van der Waals surface area contributed by atoms with E-state index in [2.05, 4.69) is 32.5 Å². The predicted octanol–water partition coefficient (Wildman–Crippen LogP) is 3.60. The summed E-state index contributed by atoms with van der Waals surface area (Å²) in [5, 5.41) is 9.01. The number of hydrogen-bond acceptors (Lipinski definition) is 7. The van der Waals surface area contributed by atoms with Gasteiger partial charge in [-0.1, -0.05) is 27.8 Å². The molecule has 0 aromatic heterocycles. The molecule has 37 heavy (non-hydrogen) atoms. The topological polar surface area (TPSA) is 134 Å². The Morgan fingerprint density at radius 1 is 1.14 bits per heavy atom. The standard InChI is InChI=1S/C25H30BrN3O7S/c1-17-14-18(26)15-21(23(30)28-32)22(17)16-27-37(33,34)20-10-8-19(9-11-20)35-13-7-6-12-29(5)24(31)36-25(2,3)4/h8-11,14-15,27,32H,12-13,16H2,1-5H3,(H,28,30). The molecule has 0 aliphatic rings. The molecule has 0 saturated carbocycles. The Labute approximate surface area is 225 Å². The first-order chi connectivity index (χ1) is 17.2. The highest BCUT2D eigenvalue weighted by Crippen LogP contribution is 2.22. The van der Waals surface area contributed by atoms with Crippen LogP contribution in [0, 0.1) is 18.8 Å². The van der Waals surface area contributed by atoms with Crippen molar-refractivity contribution in [3.8, 4) is 17.6 Å². The molecule has 2 aromatic rings. The van der Waals surface area contributed by atoms with Gasteiger partial charge in [-0.15, -0.1) is 0 Å². The van der Waals surface area contributed by atoms with Crippen LogP contribution in [0.1, 0.15) is 42.3 Å². The minimum Gasteiger partial charge on any atom is -0.481 e. The van der Waals surface area contributed by atoms with E-state index < -0.39 is 27.6 Å². The molecular formula is C25H30BrN3O7S. The van der Waals surface area contributed by atoms with Gasteiger partial charge >= 0.3 is 6.09 Å². The molecule has 12 heteroatoms. The zero-order chi connectivity index (χ0) is 27.8. The number of carbonyl (C=O) groups excluding carboxylic acids is 2. The number of carbonyl (C=O) groups is 2. The summed E-state index contributed by atoms with van der Waals surface area (Å²) in [5.41, 5.74) is 2.21. The summed E-state index contributed by atoms with van der Waals surface area (Å²) in [7, 11) is -2.32. The molecule has 0 heterocycles. The van der Waals surface area contributed by atoms with E-state index in [-0.39, 0.29) is 30.2 Å². The summed E-state index contributed by atoms with van der Waals surface area (Å²) < 4.78 is 39.4. The van der Waals surface area contributed by atoms with Gasteiger partial charge in [0.25, 0.3) is 5.91 Å². The number of hydroxylamine groups is 1. The lowest BCUT2D eigenvalue weighted by molar-refractivity contribution is 0.0320. The van der Waals surface area contributed by atoms with Crippen molar-refractivity contribution in [3.05, 3.63) is 57.6 Å². The largest absolute Gasteiger partial charge is 0.481 e. The maximum atomic E-state index is 12.8. The van der Waals surface area contributed by atoms with Crippen LogP contribution in [0.3, 0.4) is 0 Å². The summed E-state index contributed by atoms with van der Waals surface area (Å²) in [6.45, 7) is 7.13. The van der Waals surface area contributed by atoms with E-state index in [1.165, 1.54) is 35.2 Å². The van der Waals surface area contributed by atoms with E-state index in [9.17, 15) is 18.0 Å². The lowest BCUT2D eigenvalue weighted by Crippen LogP contribution is -2.34. The van der Waals surface area contributed by atoms with Crippen molar-refractivity contribution in [2.45, 2.75) is 44.7 Å². The first-order valence-electron chi connectivity index (χ1n) is 11.1. The predicted molar refractivity (Wildman–Crippen MR) is 141 cm³/mol. The number of hydrogen-bond donors (Lipinski definition) is 3. The second-order valence-electron chi connectivity index (χ2n) is 8.96. The average molecular weight is 597 g/mol. The molecule has 0 spiro atoms. The quantitative estimate of drug-likeness (QED) is 0.241. The Morgan fingerprint density at radius 3 is 2.38 bits per heavy atom. The molecule has 200 valence electrons. The number of nitrogens with one attached hydrogen (secondary N) is 2. The second kappa shape index (κ2) is 12.9. The van der Waals surface area contributed by atoms with Crippen molar-refractivity contribution in [2.75, 3.05) is 20.2 Å². The molecule has 0 aliphatic heterocycles. The van der Waals surface area contributed by atoms with Crippen molar-refractivity contribution >= 4 is 38.0 Å². The fourth-order valence-corrected chi connectivity index (χ4v) is 4.55. The maximum Gasteiger partial charge on any atom is 0.410 e. The SMILES string of the molecule is Cc1cc(Br)cc(C(=O)NO)c1CNS(=O)(=O)c1ccc(OCC#CCN(C)C(=O)OC(C)(C)C)cc1. The Hall–Kier alpha value is -3.11. The summed E-state index contributed by atoms with van der Waals surface area (Å²) in [4.78, 5) is 25.3. The van der Waals surface area contributed by atoms with Crippen molar-refractivity contribution in [3.63, 3.8) is 0 Å². The molecule has 0 atom stereocenters. The maximum absolute atomic E-state index is 12.8. The summed E-state index contributed by atoms with van der Waals surface area (Å²) in [6, 6.07) is 9.00. The molecule has 0 radical (unpaired) electrons. The monoisotopic (exact) mass is 595 g/mol. The third-order valence-corrected chi connectivity index (χ3v) is 6.69. The van der Waals surface area contributed by atoms with E-state index in [1.807, 2.05) is 0 Å². The van der Waals surface area contributed by atoms with Crippen LogP contribution in [0.25, 0.3) is 0 Å². The van der Waals surface area contributed by atoms with Crippen LogP contribution in [0.5, 0.6) is 5.75 Å². The molecule has 0 bridgehead atoms. The number of ether oxygens (including phenoxy) is 2. The van der Waals surface area contributed by atoms with E-state index in [4.69, 9.17) is 14.7 Å². The third-order valence-electron chi connectivity index (χ3n) is 4.81. The molecule has 2 rings (SSSR count). The van der Waals surface area contributed by atoms with Crippen LogP contribution >= 0.6 is 15.9 Å². The van der Waals surface area contributed by atoms with Gasteiger partial charge in [-0.2, -0.15) is 0 Å². The van der Waals surface area contributed by atoms with Crippen LogP contribution in [0.2, 0.25) is 0 Å². The van der Waals surface area contributed by atoms with Crippen LogP contribution in [-0.4, -0.2) is 56.3 Å². The number of nitrogens with zero attached hydrogens (tertiary/aromatic N) is 1. The Bertz CT molecular complexity index is 1290. The van der Waals surface area contributed by atoms with Gasteiger partial charge in [-0.05, 0) is 75.2 Å². The molecule has 0 fully saturated rings. The molecule has 2 aromatic carbocycles.